The van der Waals surface area contributed by atoms with Gasteiger partial charge < -0.3 is 5.32 Å². The normalized spacial score (nSPS) is 23.6. The van der Waals surface area contributed by atoms with Gasteiger partial charge >= 0.3 is 0 Å². The van der Waals surface area contributed by atoms with Gasteiger partial charge in [0.15, 0.2) is 0 Å². The molecule has 3 nitrogen and oxygen atoms in total. The Labute approximate surface area is 102 Å². The number of hydrogen-bond acceptors (Lipinski definition) is 3. The molecule has 1 unspecified atom stereocenters. The molecular weight excluding hydrogens is 210 g/mol. The molecule has 1 N–H and O–H groups in total. The Bertz CT molecular complexity index is 410. The van der Waals surface area contributed by atoms with E-state index in [0.29, 0.717) is 5.92 Å². The summed E-state index contributed by atoms with van der Waals surface area (Å²) in [4.78, 5) is 8.91. The van der Waals surface area contributed by atoms with Crippen molar-refractivity contribution in [3.63, 3.8) is 0 Å². The number of hydrogen-bond donors (Lipinski definition) is 1. The second-order valence-electron chi connectivity index (χ2n) is 5.11. The molecule has 0 aliphatic heterocycles. The van der Waals surface area contributed by atoms with E-state index in [1.165, 1.54) is 32.1 Å². The van der Waals surface area contributed by atoms with Gasteiger partial charge in [-0.05, 0) is 44.1 Å². The average Bonchev–Trinajstić information content (AvgIpc) is 3.22. The number of rotatable bonds is 4. The van der Waals surface area contributed by atoms with E-state index in [2.05, 4.69) is 27.4 Å². The fourth-order valence-corrected chi connectivity index (χ4v) is 2.30. The molecular formula is C14H19N3. The van der Waals surface area contributed by atoms with Gasteiger partial charge in [0.1, 0.15) is 11.6 Å². The van der Waals surface area contributed by atoms with E-state index >= 15 is 0 Å². The zero-order chi connectivity index (χ0) is 11.5. The molecule has 1 atom stereocenters. The summed E-state index contributed by atoms with van der Waals surface area (Å²) in [6, 6.07) is 1.98. The van der Waals surface area contributed by atoms with Gasteiger partial charge in [0.2, 0.25) is 0 Å². The molecule has 0 amide bonds. The molecule has 90 valence electrons. The maximum absolute atomic E-state index is 4.58. The van der Waals surface area contributed by atoms with Crippen LogP contribution in [0.15, 0.2) is 24.4 Å². The van der Waals surface area contributed by atoms with Crippen molar-refractivity contribution in [2.45, 2.75) is 38.0 Å². The summed E-state index contributed by atoms with van der Waals surface area (Å²) in [7, 11) is 0. The summed E-state index contributed by atoms with van der Waals surface area (Å²) >= 11 is 0. The first-order valence-electron chi connectivity index (χ1n) is 6.63. The van der Waals surface area contributed by atoms with Crippen LogP contribution in [0.1, 0.15) is 43.8 Å². The first kappa shape index (κ1) is 10.8. The van der Waals surface area contributed by atoms with Crippen LogP contribution in [0.5, 0.6) is 0 Å². The van der Waals surface area contributed by atoms with Gasteiger partial charge in [-0.15, -0.1) is 0 Å². The second-order valence-corrected chi connectivity index (χ2v) is 5.11. The van der Waals surface area contributed by atoms with Crippen LogP contribution < -0.4 is 5.32 Å². The van der Waals surface area contributed by atoms with Crippen molar-refractivity contribution < 1.29 is 0 Å². The third-order valence-corrected chi connectivity index (χ3v) is 3.57. The largest absolute Gasteiger partial charge is 0.370 e. The average molecular weight is 229 g/mol. The predicted molar refractivity (Wildman–Crippen MR) is 69.0 cm³/mol. The molecule has 0 saturated heterocycles. The molecule has 3 rings (SSSR count). The monoisotopic (exact) mass is 229 g/mol. The Morgan fingerprint density at radius 2 is 2.18 bits per heavy atom. The second kappa shape index (κ2) is 4.86. The van der Waals surface area contributed by atoms with Gasteiger partial charge in [-0.3, -0.25) is 0 Å². The Hall–Kier alpha value is -1.38. The van der Waals surface area contributed by atoms with Gasteiger partial charge in [-0.1, -0.05) is 12.2 Å². The van der Waals surface area contributed by atoms with E-state index in [1.54, 1.807) is 0 Å². The molecule has 0 spiro atoms. The van der Waals surface area contributed by atoms with Crippen LogP contribution in [-0.2, 0) is 0 Å². The number of anilines is 1. The molecule has 1 heterocycles. The topological polar surface area (TPSA) is 37.8 Å². The standard InChI is InChI=1S/C14H19N3/c1-2-4-11(5-3-1)10-16-13-8-9-15-14(17-13)12-6-7-12/h1-2,8-9,11-12H,3-7,10H2,(H,15,16,17). The lowest BCUT2D eigenvalue weighted by molar-refractivity contribution is 0.503. The minimum Gasteiger partial charge on any atom is -0.370 e. The van der Waals surface area contributed by atoms with Crippen molar-refractivity contribution in [3.05, 3.63) is 30.2 Å². The summed E-state index contributed by atoms with van der Waals surface area (Å²) in [6.45, 7) is 1.03. The zero-order valence-electron chi connectivity index (χ0n) is 10.1. The molecule has 1 aromatic rings. The minimum absolute atomic E-state index is 0.634. The summed E-state index contributed by atoms with van der Waals surface area (Å²) < 4.78 is 0. The Morgan fingerprint density at radius 3 is 2.94 bits per heavy atom. The maximum atomic E-state index is 4.58. The van der Waals surface area contributed by atoms with Crippen molar-refractivity contribution in [2.24, 2.45) is 5.92 Å². The van der Waals surface area contributed by atoms with Crippen LogP contribution in [0.4, 0.5) is 5.82 Å². The highest BCUT2D eigenvalue weighted by Crippen LogP contribution is 2.38. The smallest absolute Gasteiger partial charge is 0.133 e. The van der Waals surface area contributed by atoms with Crippen LogP contribution in [0.25, 0.3) is 0 Å². The third kappa shape index (κ3) is 2.84. The van der Waals surface area contributed by atoms with E-state index in [0.717, 1.165) is 24.1 Å². The summed E-state index contributed by atoms with van der Waals surface area (Å²) in [5, 5.41) is 3.45. The molecule has 2 aliphatic rings. The minimum atomic E-state index is 0.634. The molecule has 1 aromatic heterocycles. The molecule has 0 aromatic carbocycles. The lowest BCUT2D eigenvalue weighted by Crippen LogP contribution is -2.16. The number of nitrogens with zero attached hydrogens (tertiary/aromatic N) is 2. The van der Waals surface area contributed by atoms with Crippen LogP contribution in [0.3, 0.4) is 0 Å². The molecule has 3 heteroatoms. The molecule has 0 radical (unpaired) electrons. The van der Waals surface area contributed by atoms with Crippen LogP contribution in [0.2, 0.25) is 0 Å². The molecule has 1 saturated carbocycles. The van der Waals surface area contributed by atoms with Gasteiger partial charge in [0.25, 0.3) is 0 Å². The summed E-state index contributed by atoms with van der Waals surface area (Å²) in [6.07, 6.45) is 12.7. The zero-order valence-corrected chi connectivity index (χ0v) is 10.1. The highest BCUT2D eigenvalue weighted by atomic mass is 15.0. The summed E-state index contributed by atoms with van der Waals surface area (Å²) in [5.74, 6) is 3.42. The first-order chi connectivity index (χ1) is 8.42. The Kier molecular flexibility index (Phi) is 3.08. The van der Waals surface area contributed by atoms with E-state index < -0.39 is 0 Å². The lowest BCUT2D eigenvalue weighted by atomic mass is 9.94. The van der Waals surface area contributed by atoms with Crippen molar-refractivity contribution >= 4 is 5.82 Å². The number of aromatic nitrogens is 2. The van der Waals surface area contributed by atoms with Crippen LogP contribution >= 0.6 is 0 Å². The van der Waals surface area contributed by atoms with Crippen molar-refractivity contribution in [2.75, 3.05) is 11.9 Å². The molecule has 0 bridgehead atoms. The van der Waals surface area contributed by atoms with Crippen LogP contribution in [-0.4, -0.2) is 16.5 Å². The van der Waals surface area contributed by atoms with Crippen molar-refractivity contribution in [1.82, 2.24) is 9.97 Å². The SMILES string of the molecule is C1=CCC(CNc2ccnc(C3CC3)n2)CC1. The number of allylic oxidation sites excluding steroid dienone is 2. The fourth-order valence-electron chi connectivity index (χ4n) is 2.30. The van der Waals surface area contributed by atoms with Crippen molar-refractivity contribution in [3.8, 4) is 0 Å². The quantitative estimate of drug-likeness (QED) is 0.806. The molecule has 17 heavy (non-hydrogen) atoms. The van der Waals surface area contributed by atoms with E-state index in [1.807, 2.05) is 12.3 Å². The van der Waals surface area contributed by atoms with E-state index in [4.69, 9.17) is 0 Å². The highest BCUT2D eigenvalue weighted by molar-refractivity contribution is 5.34. The van der Waals surface area contributed by atoms with Gasteiger partial charge in [-0.2, -0.15) is 0 Å². The van der Waals surface area contributed by atoms with E-state index in [-0.39, 0.29) is 0 Å². The van der Waals surface area contributed by atoms with E-state index in [9.17, 15) is 0 Å². The Balaban J connectivity index is 1.56. The summed E-state index contributed by atoms with van der Waals surface area (Å²) in [5.41, 5.74) is 0. The predicted octanol–water partition coefficient (Wildman–Crippen LogP) is 3.12. The lowest BCUT2D eigenvalue weighted by Gasteiger charge is -2.18. The number of nitrogens with one attached hydrogen (secondary N) is 1. The molecule has 2 aliphatic carbocycles. The third-order valence-electron chi connectivity index (χ3n) is 3.57. The first-order valence-corrected chi connectivity index (χ1v) is 6.63. The van der Waals surface area contributed by atoms with Gasteiger partial charge in [0, 0.05) is 18.7 Å². The highest BCUT2D eigenvalue weighted by Gasteiger charge is 2.26. The maximum Gasteiger partial charge on any atom is 0.133 e. The van der Waals surface area contributed by atoms with Gasteiger partial charge in [-0.25, -0.2) is 9.97 Å². The fraction of sp³-hybridized carbons (Fsp3) is 0.571. The van der Waals surface area contributed by atoms with Crippen LogP contribution in [0, 0.1) is 5.92 Å². The van der Waals surface area contributed by atoms with Gasteiger partial charge in [0.05, 0.1) is 0 Å². The van der Waals surface area contributed by atoms with Crippen molar-refractivity contribution in [1.29, 1.82) is 0 Å². The Morgan fingerprint density at radius 1 is 1.24 bits per heavy atom. The molecule has 1 fully saturated rings.